The Morgan fingerprint density at radius 1 is 0.968 bits per heavy atom. The highest BCUT2D eigenvalue weighted by Crippen LogP contribution is 2.33. The number of aromatic nitrogens is 3. The molecule has 2 N–H and O–H groups in total. The normalized spacial score (nSPS) is 10.4. The van der Waals surface area contributed by atoms with Gasteiger partial charge in [-0.05, 0) is 42.5 Å². The lowest BCUT2D eigenvalue weighted by molar-refractivity contribution is 0.102. The third kappa shape index (κ3) is 4.78. The second-order valence-corrected chi connectivity index (χ2v) is 7.20. The van der Waals surface area contributed by atoms with Crippen molar-refractivity contribution in [3.8, 4) is 22.8 Å². The van der Waals surface area contributed by atoms with Gasteiger partial charge in [-0.1, -0.05) is 6.07 Å². The number of carbonyl (C=O) groups is 1. The molecule has 0 radical (unpaired) electrons. The van der Waals surface area contributed by atoms with Crippen LogP contribution in [-0.2, 0) is 0 Å². The van der Waals surface area contributed by atoms with Gasteiger partial charge in [0.05, 0.1) is 19.9 Å². The lowest BCUT2D eigenvalue weighted by Crippen LogP contribution is -2.12. The zero-order chi connectivity index (χ0) is 21.6. The Labute approximate surface area is 182 Å². The van der Waals surface area contributed by atoms with Gasteiger partial charge in [-0.15, -0.1) is 11.3 Å². The number of thiazole rings is 1. The van der Waals surface area contributed by atoms with E-state index >= 15 is 0 Å². The summed E-state index contributed by atoms with van der Waals surface area (Å²) in [6.45, 7) is 0. The zero-order valence-corrected chi connectivity index (χ0v) is 17.6. The number of nitrogens with one attached hydrogen (secondary N) is 2. The summed E-state index contributed by atoms with van der Waals surface area (Å²) < 4.78 is 10.6. The van der Waals surface area contributed by atoms with Gasteiger partial charge in [-0.25, -0.2) is 15.0 Å². The quantitative estimate of drug-likeness (QED) is 0.439. The summed E-state index contributed by atoms with van der Waals surface area (Å²) in [5.74, 6) is 1.46. The first-order chi connectivity index (χ1) is 15.2. The minimum atomic E-state index is -0.258. The maximum Gasteiger partial charge on any atom is 0.257 e. The summed E-state index contributed by atoms with van der Waals surface area (Å²) in [6, 6.07) is 14.4. The SMILES string of the molecule is COc1ccc(-c2csc(NC(=O)c3cccc(Nc4ncccn4)c3)n2)cc1OC. The van der Waals surface area contributed by atoms with Crippen molar-refractivity contribution in [2.75, 3.05) is 24.9 Å². The molecule has 0 unspecified atom stereocenters. The first-order valence-corrected chi connectivity index (χ1v) is 10.2. The Hall–Kier alpha value is -3.98. The van der Waals surface area contributed by atoms with Gasteiger partial charge in [0.25, 0.3) is 5.91 Å². The van der Waals surface area contributed by atoms with Crippen LogP contribution in [0.15, 0.2) is 66.3 Å². The highest BCUT2D eigenvalue weighted by molar-refractivity contribution is 7.14. The number of rotatable bonds is 7. The van der Waals surface area contributed by atoms with Crippen molar-refractivity contribution >= 4 is 34.0 Å². The molecule has 156 valence electrons. The minimum absolute atomic E-state index is 0.258. The maximum atomic E-state index is 12.7. The molecule has 0 aliphatic rings. The average molecular weight is 433 g/mol. The van der Waals surface area contributed by atoms with Gasteiger partial charge in [-0.3, -0.25) is 10.1 Å². The number of methoxy groups -OCH3 is 2. The lowest BCUT2D eigenvalue weighted by atomic mass is 10.1. The Morgan fingerprint density at radius 2 is 1.77 bits per heavy atom. The van der Waals surface area contributed by atoms with Gasteiger partial charge in [0.1, 0.15) is 0 Å². The molecule has 0 bridgehead atoms. The van der Waals surface area contributed by atoms with Crippen LogP contribution in [0.5, 0.6) is 11.5 Å². The van der Waals surface area contributed by atoms with Crippen molar-refractivity contribution in [1.82, 2.24) is 15.0 Å². The van der Waals surface area contributed by atoms with E-state index in [2.05, 4.69) is 25.6 Å². The summed E-state index contributed by atoms with van der Waals surface area (Å²) in [6.07, 6.45) is 3.29. The summed E-state index contributed by atoms with van der Waals surface area (Å²) in [5, 5.41) is 8.29. The molecule has 31 heavy (non-hydrogen) atoms. The summed E-state index contributed by atoms with van der Waals surface area (Å²) in [7, 11) is 3.17. The van der Waals surface area contributed by atoms with Gasteiger partial charge in [0.15, 0.2) is 16.6 Å². The van der Waals surface area contributed by atoms with E-state index in [0.717, 1.165) is 11.3 Å². The van der Waals surface area contributed by atoms with E-state index in [9.17, 15) is 4.79 Å². The fourth-order valence-electron chi connectivity index (χ4n) is 2.86. The Morgan fingerprint density at radius 3 is 2.55 bits per heavy atom. The number of nitrogens with zero attached hydrogens (tertiary/aromatic N) is 3. The number of hydrogen-bond acceptors (Lipinski definition) is 8. The minimum Gasteiger partial charge on any atom is -0.493 e. The number of hydrogen-bond donors (Lipinski definition) is 2. The maximum absolute atomic E-state index is 12.7. The van der Waals surface area contributed by atoms with Crippen LogP contribution in [0.2, 0.25) is 0 Å². The van der Waals surface area contributed by atoms with Crippen LogP contribution in [0, 0.1) is 0 Å². The van der Waals surface area contributed by atoms with Crippen molar-refractivity contribution < 1.29 is 14.3 Å². The molecule has 0 aliphatic carbocycles. The molecule has 0 saturated carbocycles. The molecule has 0 fully saturated rings. The van der Waals surface area contributed by atoms with Crippen LogP contribution in [0.4, 0.5) is 16.8 Å². The molecular formula is C22H19N5O3S. The Bertz CT molecular complexity index is 1200. The van der Waals surface area contributed by atoms with E-state index in [-0.39, 0.29) is 5.91 Å². The standard InChI is InChI=1S/C22H19N5O3S/c1-29-18-8-7-14(12-19(18)30-2)17-13-31-22(26-17)27-20(28)15-5-3-6-16(11-15)25-21-23-9-4-10-24-21/h3-13H,1-2H3,(H,23,24,25)(H,26,27,28). The molecule has 2 heterocycles. The van der Waals surface area contributed by atoms with Gasteiger partial charge in [0.2, 0.25) is 5.95 Å². The molecule has 8 nitrogen and oxygen atoms in total. The van der Waals surface area contributed by atoms with Crippen molar-refractivity contribution in [1.29, 1.82) is 0 Å². The largest absolute Gasteiger partial charge is 0.493 e. The van der Waals surface area contributed by atoms with E-state index in [1.54, 1.807) is 50.9 Å². The van der Waals surface area contributed by atoms with E-state index in [4.69, 9.17) is 9.47 Å². The predicted octanol–water partition coefficient (Wildman–Crippen LogP) is 4.61. The third-order valence-electron chi connectivity index (χ3n) is 4.35. The van der Waals surface area contributed by atoms with Crippen LogP contribution >= 0.6 is 11.3 Å². The second-order valence-electron chi connectivity index (χ2n) is 6.34. The molecule has 2 aromatic carbocycles. The van der Waals surface area contributed by atoms with Crippen LogP contribution in [0.25, 0.3) is 11.3 Å². The molecule has 1 amide bonds. The van der Waals surface area contributed by atoms with Crippen molar-refractivity contribution in [2.45, 2.75) is 0 Å². The summed E-state index contributed by atoms with van der Waals surface area (Å²) in [4.78, 5) is 25.5. The lowest BCUT2D eigenvalue weighted by Gasteiger charge is -2.08. The summed E-state index contributed by atoms with van der Waals surface area (Å²) >= 11 is 1.35. The third-order valence-corrected chi connectivity index (χ3v) is 5.11. The second kappa shape index (κ2) is 9.23. The van der Waals surface area contributed by atoms with E-state index < -0.39 is 0 Å². The van der Waals surface area contributed by atoms with Gasteiger partial charge in [-0.2, -0.15) is 0 Å². The number of anilines is 3. The van der Waals surface area contributed by atoms with Crippen molar-refractivity contribution in [3.05, 3.63) is 71.9 Å². The smallest absolute Gasteiger partial charge is 0.257 e. The average Bonchev–Trinajstić information content (AvgIpc) is 3.28. The van der Waals surface area contributed by atoms with Crippen LogP contribution in [0.3, 0.4) is 0 Å². The number of amides is 1. The molecule has 0 aliphatic heterocycles. The summed E-state index contributed by atoms with van der Waals surface area (Å²) in [5.41, 5.74) is 2.80. The van der Waals surface area contributed by atoms with Crippen LogP contribution < -0.4 is 20.1 Å². The molecule has 4 aromatic rings. The number of benzene rings is 2. The fraction of sp³-hybridized carbons (Fsp3) is 0.0909. The molecule has 2 aromatic heterocycles. The molecule has 0 atom stereocenters. The van der Waals surface area contributed by atoms with Crippen molar-refractivity contribution in [3.63, 3.8) is 0 Å². The molecule has 4 rings (SSSR count). The number of ether oxygens (including phenoxy) is 2. The Kier molecular flexibility index (Phi) is 6.04. The molecule has 0 saturated heterocycles. The van der Waals surface area contributed by atoms with Gasteiger partial charge in [0, 0.05) is 34.6 Å². The highest BCUT2D eigenvalue weighted by Gasteiger charge is 2.13. The fourth-order valence-corrected chi connectivity index (χ4v) is 3.57. The van der Waals surface area contributed by atoms with E-state index in [1.165, 1.54) is 11.3 Å². The van der Waals surface area contributed by atoms with E-state index in [0.29, 0.717) is 33.8 Å². The zero-order valence-electron chi connectivity index (χ0n) is 16.8. The van der Waals surface area contributed by atoms with Crippen molar-refractivity contribution in [2.24, 2.45) is 0 Å². The molecule has 9 heteroatoms. The highest BCUT2D eigenvalue weighted by atomic mass is 32.1. The number of carbonyl (C=O) groups excluding carboxylic acids is 1. The van der Waals surface area contributed by atoms with Gasteiger partial charge < -0.3 is 14.8 Å². The first-order valence-electron chi connectivity index (χ1n) is 9.29. The van der Waals surface area contributed by atoms with Crippen LogP contribution in [-0.4, -0.2) is 35.1 Å². The van der Waals surface area contributed by atoms with Crippen LogP contribution in [0.1, 0.15) is 10.4 Å². The Balaban J connectivity index is 1.48. The predicted molar refractivity (Wildman–Crippen MR) is 120 cm³/mol. The topological polar surface area (TPSA) is 98.3 Å². The monoisotopic (exact) mass is 433 g/mol. The van der Waals surface area contributed by atoms with E-state index in [1.807, 2.05) is 29.6 Å². The molecule has 0 spiro atoms. The first kappa shape index (κ1) is 20.3. The van der Waals surface area contributed by atoms with Gasteiger partial charge >= 0.3 is 0 Å². The molecular weight excluding hydrogens is 414 g/mol.